The number of carbonyl (C=O) groups excluding carboxylic acids is 1. The second kappa shape index (κ2) is 6.15. The van der Waals surface area contributed by atoms with Crippen LogP contribution in [0.3, 0.4) is 0 Å². The second-order valence-corrected chi connectivity index (χ2v) is 3.92. The van der Waals surface area contributed by atoms with E-state index in [1.807, 2.05) is 0 Å². The van der Waals surface area contributed by atoms with Crippen LogP contribution in [-0.4, -0.2) is 24.7 Å². The molecule has 0 aromatic heterocycles. The molecule has 0 amide bonds. The van der Waals surface area contributed by atoms with Gasteiger partial charge in [-0.3, -0.25) is 4.79 Å². The van der Waals surface area contributed by atoms with E-state index in [4.69, 9.17) is 4.74 Å². The third-order valence-corrected chi connectivity index (χ3v) is 2.25. The van der Waals surface area contributed by atoms with Gasteiger partial charge in [-0.05, 0) is 30.7 Å². The first-order valence-electron chi connectivity index (χ1n) is 5.51. The number of ether oxygens (including phenoxy) is 1. The number of halogens is 6. The van der Waals surface area contributed by atoms with Crippen molar-refractivity contribution in [2.75, 3.05) is 6.61 Å². The van der Waals surface area contributed by atoms with Crippen LogP contribution in [0.25, 0.3) is 0 Å². The summed E-state index contributed by atoms with van der Waals surface area (Å²) in [5, 5.41) is 0. The van der Waals surface area contributed by atoms with Gasteiger partial charge in [0, 0.05) is 12.0 Å². The molecule has 0 atom stereocenters. The Bertz CT molecular complexity index is 447. The molecule has 20 heavy (non-hydrogen) atoms. The highest BCUT2D eigenvalue weighted by atomic mass is 19.4. The van der Waals surface area contributed by atoms with Crippen LogP contribution in [0.1, 0.15) is 23.2 Å². The molecule has 0 spiro atoms. The summed E-state index contributed by atoms with van der Waals surface area (Å²) in [5.74, 6) is -1.88. The molecule has 0 aliphatic carbocycles. The van der Waals surface area contributed by atoms with Crippen molar-refractivity contribution in [1.29, 1.82) is 0 Å². The molecule has 0 heterocycles. The molecule has 1 aromatic rings. The molecule has 112 valence electrons. The van der Waals surface area contributed by atoms with E-state index >= 15 is 0 Å². The third kappa shape index (κ3) is 5.50. The second-order valence-electron chi connectivity index (χ2n) is 3.92. The summed E-state index contributed by atoms with van der Waals surface area (Å²) in [6.07, 6.45) is -10.5. The fraction of sp³-hybridized carbons (Fsp3) is 0.417. The zero-order valence-electron chi connectivity index (χ0n) is 10.0. The van der Waals surface area contributed by atoms with E-state index in [1.54, 1.807) is 0 Å². The number of carbonyl (C=O) groups is 1. The highest BCUT2D eigenvalue weighted by molar-refractivity contribution is 6.00. The summed E-state index contributed by atoms with van der Waals surface area (Å²) in [4.78, 5) is 10.9. The molecule has 0 bridgehead atoms. The number of ketones is 1. The van der Waals surface area contributed by atoms with E-state index in [1.165, 1.54) is 0 Å². The zero-order valence-corrected chi connectivity index (χ0v) is 10.0. The van der Waals surface area contributed by atoms with Crippen molar-refractivity contribution in [2.45, 2.75) is 25.2 Å². The van der Waals surface area contributed by atoms with Gasteiger partial charge in [-0.2, -0.15) is 26.3 Å². The van der Waals surface area contributed by atoms with Crippen molar-refractivity contribution in [3.63, 3.8) is 0 Å². The van der Waals surface area contributed by atoms with E-state index < -0.39 is 30.1 Å². The van der Waals surface area contributed by atoms with Crippen molar-refractivity contribution in [2.24, 2.45) is 0 Å². The van der Waals surface area contributed by atoms with Crippen molar-refractivity contribution in [3.05, 3.63) is 29.8 Å². The average molecular weight is 300 g/mol. The molecule has 0 radical (unpaired) electrons. The molecule has 2 nitrogen and oxygen atoms in total. The summed E-state index contributed by atoms with van der Waals surface area (Å²) in [7, 11) is 0. The van der Waals surface area contributed by atoms with Crippen LogP contribution < -0.4 is 4.74 Å². The summed E-state index contributed by atoms with van der Waals surface area (Å²) >= 11 is 0. The topological polar surface area (TPSA) is 26.3 Å². The van der Waals surface area contributed by atoms with Gasteiger partial charge in [0.25, 0.3) is 5.78 Å². The van der Waals surface area contributed by atoms with Crippen LogP contribution in [0.4, 0.5) is 26.3 Å². The SMILES string of the molecule is O=C(c1ccc(OCCCC(F)(F)F)cc1)C(F)(F)F. The van der Waals surface area contributed by atoms with Gasteiger partial charge in [0.2, 0.25) is 0 Å². The molecule has 0 N–H and O–H groups in total. The lowest BCUT2D eigenvalue weighted by Gasteiger charge is -2.09. The summed E-state index contributed by atoms with van der Waals surface area (Å²) < 4.78 is 76.8. The summed E-state index contributed by atoms with van der Waals surface area (Å²) in [6.45, 7) is -0.216. The number of alkyl halides is 6. The molecule has 0 aliphatic rings. The molecule has 0 fully saturated rings. The Kier molecular flexibility index (Phi) is 5.02. The summed E-state index contributed by atoms with van der Waals surface area (Å²) in [5.41, 5.74) is -0.555. The lowest BCUT2D eigenvalue weighted by atomic mass is 10.1. The first-order chi connectivity index (χ1) is 9.09. The van der Waals surface area contributed by atoms with Crippen LogP contribution in [-0.2, 0) is 0 Å². The van der Waals surface area contributed by atoms with Gasteiger partial charge in [0.1, 0.15) is 5.75 Å². The molecule has 8 heteroatoms. The number of hydrogen-bond donors (Lipinski definition) is 0. The van der Waals surface area contributed by atoms with E-state index in [9.17, 15) is 31.1 Å². The summed E-state index contributed by atoms with van der Waals surface area (Å²) in [6, 6.07) is 4.03. The molecular weight excluding hydrogens is 290 g/mol. The molecule has 1 aromatic carbocycles. The molecule has 0 saturated carbocycles. The molecule has 0 saturated heterocycles. The highest BCUT2D eigenvalue weighted by Crippen LogP contribution is 2.24. The Morgan fingerprint density at radius 3 is 2.00 bits per heavy atom. The minimum atomic E-state index is -4.96. The largest absolute Gasteiger partial charge is 0.494 e. The molecule has 0 unspecified atom stereocenters. The Labute approximate surface area is 110 Å². The Morgan fingerprint density at radius 2 is 1.55 bits per heavy atom. The molecule has 0 aliphatic heterocycles. The standard InChI is InChI=1S/C12H10F6O2/c13-11(14,15)6-1-7-20-9-4-2-8(3-5-9)10(19)12(16,17)18/h2-5H,1,6-7H2. The smallest absolute Gasteiger partial charge is 0.454 e. The average Bonchev–Trinajstić information content (AvgIpc) is 2.32. The predicted octanol–water partition coefficient (Wildman–Crippen LogP) is 4.15. The van der Waals surface area contributed by atoms with E-state index in [0.29, 0.717) is 0 Å². The Balaban J connectivity index is 2.49. The number of hydrogen-bond acceptors (Lipinski definition) is 2. The molecular formula is C12H10F6O2. The quantitative estimate of drug-likeness (QED) is 0.464. The van der Waals surface area contributed by atoms with Crippen molar-refractivity contribution in [3.8, 4) is 5.75 Å². The van der Waals surface area contributed by atoms with Crippen LogP contribution in [0.15, 0.2) is 24.3 Å². The first-order valence-corrected chi connectivity index (χ1v) is 5.51. The van der Waals surface area contributed by atoms with Crippen LogP contribution in [0, 0.1) is 0 Å². The predicted molar refractivity (Wildman–Crippen MR) is 57.6 cm³/mol. The lowest BCUT2D eigenvalue weighted by molar-refractivity contribution is -0.136. The molecule has 1 rings (SSSR count). The number of benzene rings is 1. The lowest BCUT2D eigenvalue weighted by Crippen LogP contribution is -2.22. The van der Waals surface area contributed by atoms with E-state index in [-0.39, 0.29) is 18.8 Å². The Morgan fingerprint density at radius 1 is 1.00 bits per heavy atom. The van der Waals surface area contributed by atoms with Gasteiger partial charge in [0.15, 0.2) is 0 Å². The fourth-order valence-corrected chi connectivity index (χ4v) is 1.33. The zero-order chi connectivity index (χ0) is 15.4. The highest BCUT2D eigenvalue weighted by Gasteiger charge is 2.39. The van der Waals surface area contributed by atoms with Gasteiger partial charge in [-0.25, -0.2) is 0 Å². The maximum absolute atomic E-state index is 12.1. The van der Waals surface area contributed by atoms with Gasteiger partial charge < -0.3 is 4.74 Å². The van der Waals surface area contributed by atoms with Gasteiger partial charge >= 0.3 is 12.4 Å². The monoisotopic (exact) mass is 300 g/mol. The first kappa shape index (κ1) is 16.3. The Hall–Kier alpha value is -1.73. The van der Waals surface area contributed by atoms with Gasteiger partial charge in [0.05, 0.1) is 6.61 Å². The minimum absolute atomic E-state index is 0.103. The fourth-order valence-electron chi connectivity index (χ4n) is 1.33. The maximum atomic E-state index is 12.1. The van der Waals surface area contributed by atoms with E-state index in [0.717, 1.165) is 24.3 Å². The van der Waals surface area contributed by atoms with Crippen molar-refractivity contribution in [1.82, 2.24) is 0 Å². The number of rotatable bonds is 5. The van der Waals surface area contributed by atoms with Crippen molar-refractivity contribution < 1.29 is 35.9 Å². The van der Waals surface area contributed by atoms with Crippen LogP contribution in [0.5, 0.6) is 5.75 Å². The van der Waals surface area contributed by atoms with E-state index in [2.05, 4.69) is 0 Å². The normalized spacial score (nSPS) is 12.3. The maximum Gasteiger partial charge on any atom is 0.454 e. The number of Topliss-reactive ketones (excluding diaryl/α,β-unsaturated/α-hetero) is 1. The minimum Gasteiger partial charge on any atom is -0.494 e. The third-order valence-electron chi connectivity index (χ3n) is 2.25. The van der Waals surface area contributed by atoms with Crippen LogP contribution in [0.2, 0.25) is 0 Å². The van der Waals surface area contributed by atoms with Gasteiger partial charge in [-0.1, -0.05) is 0 Å². The van der Waals surface area contributed by atoms with Crippen LogP contribution >= 0.6 is 0 Å². The van der Waals surface area contributed by atoms with Gasteiger partial charge in [-0.15, -0.1) is 0 Å². The van der Waals surface area contributed by atoms with Crippen molar-refractivity contribution >= 4 is 5.78 Å².